The Morgan fingerprint density at radius 1 is 0.744 bits per heavy atom. The van der Waals surface area contributed by atoms with Crippen molar-refractivity contribution in [2.75, 3.05) is 14.2 Å². The molecule has 4 aromatic rings. The summed E-state index contributed by atoms with van der Waals surface area (Å²) < 4.78 is 72.6. The number of carbonyl (C=O) groups is 1. The van der Waals surface area contributed by atoms with Gasteiger partial charge in [0.05, 0.1) is 37.7 Å². The maximum Gasteiger partial charge on any atom is 0.308 e. The van der Waals surface area contributed by atoms with Gasteiger partial charge in [0.25, 0.3) is 11.8 Å². The van der Waals surface area contributed by atoms with E-state index in [4.69, 9.17) is 14.2 Å². The third-order valence-corrected chi connectivity index (χ3v) is 5.89. The molecule has 0 aliphatic carbocycles. The number of ether oxygens (including phenoxy) is 3. The molecule has 234 valence electrons. The maximum absolute atomic E-state index is 13.7. The van der Waals surface area contributed by atoms with Crippen LogP contribution in [0.25, 0.3) is 11.4 Å². The average Bonchev–Trinajstić information content (AvgIpc) is 3.69. The van der Waals surface area contributed by atoms with Gasteiger partial charge in [-0.2, -0.15) is 10.2 Å². The van der Waals surface area contributed by atoms with Gasteiger partial charge in [-0.05, 0) is 24.3 Å². The fourth-order valence-corrected chi connectivity index (χ4v) is 3.63. The lowest BCUT2D eigenvalue weighted by atomic mass is 10.1. The van der Waals surface area contributed by atoms with Gasteiger partial charge in [-0.3, -0.25) is 4.79 Å². The minimum absolute atomic E-state index is 0.0871. The second kappa shape index (κ2) is 15.8. The SMILES string of the molecule is CCC.CCC(F)(F)c1cnn(-c2c(OC)cccc2OC(C)=O)c1.CCC(F)(F)c1cnn(-c2ccccc2OC)c1. The van der Waals surface area contributed by atoms with Gasteiger partial charge in [-0.1, -0.05) is 52.3 Å². The Labute approximate surface area is 249 Å². The highest BCUT2D eigenvalue weighted by molar-refractivity contribution is 5.72. The molecule has 4 rings (SSSR count). The number of methoxy groups -OCH3 is 2. The molecule has 0 atom stereocenters. The summed E-state index contributed by atoms with van der Waals surface area (Å²) in [6.07, 6.45) is 5.49. The zero-order valence-corrected chi connectivity index (χ0v) is 25.4. The molecule has 2 aromatic carbocycles. The summed E-state index contributed by atoms with van der Waals surface area (Å²) in [5.41, 5.74) is 0.627. The highest BCUT2D eigenvalue weighted by Crippen LogP contribution is 2.36. The van der Waals surface area contributed by atoms with E-state index in [0.717, 1.165) is 6.20 Å². The molecule has 2 aromatic heterocycles. The number of alkyl halides is 4. The first kappa shape index (κ1) is 34.8. The van der Waals surface area contributed by atoms with Crippen molar-refractivity contribution in [3.8, 4) is 28.6 Å². The summed E-state index contributed by atoms with van der Waals surface area (Å²) in [6, 6.07) is 11.9. The number of carbonyl (C=O) groups excluding carboxylic acids is 1. The second-order valence-corrected chi connectivity index (χ2v) is 9.24. The van der Waals surface area contributed by atoms with Crippen LogP contribution >= 0.6 is 0 Å². The van der Waals surface area contributed by atoms with E-state index in [0.29, 0.717) is 22.9 Å². The summed E-state index contributed by atoms with van der Waals surface area (Å²) in [5, 5.41) is 7.91. The third-order valence-electron chi connectivity index (χ3n) is 5.89. The lowest BCUT2D eigenvalue weighted by Crippen LogP contribution is -2.10. The van der Waals surface area contributed by atoms with Crippen LogP contribution in [0.15, 0.2) is 67.3 Å². The minimum atomic E-state index is -2.97. The molecule has 0 saturated carbocycles. The summed E-state index contributed by atoms with van der Waals surface area (Å²) in [6.45, 7) is 8.34. The zero-order chi connectivity index (χ0) is 32.2. The molecule has 0 saturated heterocycles. The zero-order valence-electron chi connectivity index (χ0n) is 25.4. The number of benzene rings is 2. The van der Waals surface area contributed by atoms with Crippen LogP contribution in [0.4, 0.5) is 17.6 Å². The fourth-order valence-electron chi connectivity index (χ4n) is 3.63. The maximum atomic E-state index is 13.7. The molecule has 0 unspecified atom stereocenters. The average molecular weight is 607 g/mol. The minimum Gasteiger partial charge on any atom is -0.494 e. The van der Waals surface area contributed by atoms with Gasteiger partial charge in [-0.25, -0.2) is 26.9 Å². The molecule has 0 N–H and O–H groups in total. The first-order chi connectivity index (χ1) is 20.4. The lowest BCUT2D eigenvalue weighted by molar-refractivity contribution is -0.131. The van der Waals surface area contributed by atoms with E-state index in [-0.39, 0.29) is 29.7 Å². The van der Waals surface area contributed by atoms with Crippen LogP contribution in [0.2, 0.25) is 0 Å². The normalized spacial score (nSPS) is 11.0. The number of nitrogens with zero attached hydrogens (tertiary/aromatic N) is 4. The Morgan fingerprint density at radius 2 is 1.21 bits per heavy atom. The van der Waals surface area contributed by atoms with Crippen LogP contribution in [-0.2, 0) is 16.6 Å². The molecular weight excluding hydrogens is 568 g/mol. The highest BCUT2D eigenvalue weighted by Gasteiger charge is 2.32. The number of hydrogen-bond acceptors (Lipinski definition) is 6. The van der Waals surface area contributed by atoms with Gasteiger partial charge in [0.1, 0.15) is 22.9 Å². The van der Waals surface area contributed by atoms with Crippen molar-refractivity contribution >= 4 is 5.97 Å². The molecule has 0 spiro atoms. The molecule has 0 aliphatic heterocycles. The molecule has 12 heteroatoms. The molecule has 0 bridgehead atoms. The van der Waals surface area contributed by atoms with Crippen molar-refractivity contribution in [2.24, 2.45) is 0 Å². The Morgan fingerprint density at radius 3 is 1.72 bits per heavy atom. The molecule has 2 heterocycles. The van der Waals surface area contributed by atoms with Gasteiger partial charge in [0.15, 0.2) is 5.75 Å². The smallest absolute Gasteiger partial charge is 0.308 e. The molecule has 0 fully saturated rings. The van der Waals surface area contributed by atoms with Crippen molar-refractivity contribution < 1.29 is 36.6 Å². The van der Waals surface area contributed by atoms with Crippen LogP contribution in [-0.4, -0.2) is 39.7 Å². The number of hydrogen-bond donors (Lipinski definition) is 0. The standard InChI is InChI=1S/C15H16F2N2O3.C13H14F2N2O.C3H8/c1-4-15(16,17)11-8-18-19(9-11)14-12(21-3)6-5-7-13(14)22-10(2)20;1-3-13(14,15)10-8-16-17(9-10)11-6-4-5-7-12(11)18-2;1-3-2/h5-9H,4H2,1-3H3;4-9H,3H2,1-2H3;3H2,1-2H3. The second-order valence-electron chi connectivity index (χ2n) is 9.24. The van der Waals surface area contributed by atoms with E-state index in [1.54, 1.807) is 36.4 Å². The monoisotopic (exact) mass is 606 g/mol. The summed E-state index contributed by atoms with van der Waals surface area (Å²) in [5.74, 6) is -5.22. The van der Waals surface area contributed by atoms with E-state index in [9.17, 15) is 22.4 Å². The molecule has 0 radical (unpaired) electrons. The fraction of sp³-hybridized carbons (Fsp3) is 0.387. The van der Waals surface area contributed by atoms with E-state index in [1.165, 1.54) is 69.4 Å². The van der Waals surface area contributed by atoms with Gasteiger partial charge in [-0.15, -0.1) is 0 Å². The summed E-state index contributed by atoms with van der Waals surface area (Å²) in [7, 11) is 2.96. The topological polar surface area (TPSA) is 80.4 Å². The number of halogens is 4. The van der Waals surface area contributed by atoms with Gasteiger partial charge in [0.2, 0.25) is 0 Å². The summed E-state index contributed by atoms with van der Waals surface area (Å²) in [4.78, 5) is 11.2. The van der Waals surface area contributed by atoms with E-state index in [1.807, 2.05) is 6.07 Å². The molecule has 0 aliphatic rings. The van der Waals surface area contributed by atoms with Crippen LogP contribution in [0.3, 0.4) is 0 Å². The number of aromatic nitrogens is 4. The van der Waals surface area contributed by atoms with Crippen molar-refractivity contribution in [3.63, 3.8) is 0 Å². The van der Waals surface area contributed by atoms with E-state index >= 15 is 0 Å². The van der Waals surface area contributed by atoms with Gasteiger partial charge >= 0.3 is 5.97 Å². The predicted molar refractivity (Wildman–Crippen MR) is 156 cm³/mol. The molecule has 43 heavy (non-hydrogen) atoms. The first-order valence-corrected chi connectivity index (χ1v) is 13.7. The largest absolute Gasteiger partial charge is 0.494 e. The third kappa shape index (κ3) is 9.07. The van der Waals surface area contributed by atoms with Crippen molar-refractivity contribution in [1.29, 1.82) is 0 Å². The summed E-state index contributed by atoms with van der Waals surface area (Å²) >= 11 is 0. The Balaban J connectivity index is 0.000000279. The van der Waals surface area contributed by atoms with Crippen LogP contribution in [0, 0.1) is 0 Å². The Bertz CT molecular complexity index is 1450. The van der Waals surface area contributed by atoms with Crippen LogP contribution in [0.1, 0.15) is 65.0 Å². The Hall–Kier alpha value is -4.35. The quantitative estimate of drug-likeness (QED) is 0.109. The van der Waals surface area contributed by atoms with Crippen molar-refractivity contribution in [1.82, 2.24) is 19.6 Å². The van der Waals surface area contributed by atoms with Crippen molar-refractivity contribution in [3.05, 3.63) is 78.4 Å². The number of esters is 1. The highest BCUT2D eigenvalue weighted by atomic mass is 19.3. The van der Waals surface area contributed by atoms with Crippen LogP contribution in [0.5, 0.6) is 17.2 Å². The molecule has 0 amide bonds. The predicted octanol–water partition coefficient (Wildman–Crippen LogP) is 8.11. The lowest BCUT2D eigenvalue weighted by Gasteiger charge is -2.13. The van der Waals surface area contributed by atoms with E-state index < -0.39 is 17.8 Å². The molecular formula is C31H38F4N4O4. The number of rotatable bonds is 9. The van der Waals surface area contributed by atoms with E-state index in [2.05, 4.69) is 24.0 Å². The van der Waals surface area contributed by atoms with Crippen LogP contribution < -0.4 is 14.2 Å². The molecule has 8 nitrogen and oxygen atoms in total. The van der Waals surface area contributed by atoms with Crippen molar-refractivity contribution in [2.45, 2.75) is 65.7 Å². The van der Waals surface area contributed by atoms with Gasteiger partial charge < -0.3 is 14.2 Å². The number of para-hydroxylation sites is 3. The Kier molecular flexibility index (Phi) is 12.8. The first-order valence-electron chi connectivity index (χ1n) is 13.7. The van der Waals surface area contributed by atoms with Gasteiger partial charge in [0, 0.05) is 32.2 Å².